The summed E-state index contributed by atoms with van der Waals surface area (Å²) in [5.41, 5.74) is 0.695. The first-order chi connectivity index (χ1) is 5.24. The highest BCUT2D eigenvalue weighted by atomic mass is 79.9. The van der Waals surface area contributed by atoms with Gasteiger partial charge in [0.25, 0.3) is 0 Å². The van der Waals surface area contributed by atoms with Crippen molar-refractivity contribution in [3.05, 3.63) is 27.5 Å². The van der Waals surface area contributed by atoms with E-state index in [1.165, 1.54) is 0 Å². The van der Waals surface area contributed by atoms with E-state index in [1.54, 1.807) is 12.1 Å². The molecule has 0 saturated carbocycles. The van der Waals surface area contributed by atoms with Crippen LogP contribution in [-0.4, -0.2) is 4.98 Å². The molecule has 56 valence electrons. The summed E-state index contributed by atoms with van der Waals surface area (Å²) in [6.45, 7) is 0. The van der Waals surface area contributed by atoms with Gasteiger partial charge in [-0.05, 0) is 28.1 Å². The fourth-order valence-corrected chi connectivity index (χ4v) is 1.03. The number of hydrogen-bond acceptors (Lipinski definition) is 2. The molecule has 0 aliphatic carbocycles. The predicted molar refractivity (Wildman–Crippen MR) is 46.3 cm³/mol. The van der Waals surface area contributed by atoms with Crippen LogP contribution in [0.25, 0.3) is 0 Å². The maximum absolute atomic E-state index is 8.34. The minimum Gasteiger partial charge on any atom is -0.239 e. The first-order valence-electron chi connectivity index (χ1n) is 2.92. The number of nitriles is 1. The molecule has 1 aromatic heterocycles. The molecule has 0 radical (unpaired) electrons. The molecule has 0 amide bonds. The van der Waals surface area contributed by atoms with Crippen molar-refractivity contribution in [2.24, 2.45) is 0 Å². The Labute approximate surface area is 77.9 Å². The zero-order chi connectivity index (χ0) is 8.27. The van der Waals surface area contributed by atoms with Crippen LogP contribution in [-0.2, 0) is 6.42 Å². The molecule has 1 aromatic rings. The van der Waals surface area contributed by atoms with E-state index >= 15 is 0 Å². The van der Waals surface area contributed by atoms with E-state index in [2.05, 4.69) is 20.9 Å². The average molecular weight is 231 g/mol. The van der Waals surface area contributed by atoms with E-state index in [0.29, 0.717) is 17.3 Å². The fourth-order valence-electron chi connectivity index (χ4n) is 0.634. The van der Waals surface area contributed by atoms with Gasteiger partial charge in [0, 0.05) is 0 Å². The Balaban J connectivity index is 2.98. The lowest BCUT2D eigenvalue weighted by atomic mass is 10.3. The summed E-state index contributed by atoms with van der Waals surface area (Å²) >= 11 is 8.89. The molecule has 0 unspecified atom stereocenters. The molecule has 0 N–H and O–H groups in total. The second kappa shape index (κ2) is 3.70. The van der Waals surface area contributed by atoms with Gasteiger partial charge in [0.2, 0.25) is 0 Å². The summed E-state index contributed by atoms with van der Waals surface area (Å²) in [7, 11) is 0. The van der Waals surface area contributed by atoms with Crippen LogP contribution >= 0.6 is 27.5 Å². The Kier molecular flexibility index (Phi) is 2.86. The number of pyridine rings is 1. The minimum absolute atomic E-state index is 0.299. The van der Waals surface area contributed by atoms with Gasteiger partial charge in [0.05, 0.1) is 22.7 Å². The summed E-state index contributed by atoms with van der Waals surface area (Å²) in [6, 6.07) is 5.54. The summed E-state index contributed by atoms with van der Waals surface area (Å²) in [5, 5.41) is 8.74. The Morgan fingerprint density at radius 3 is 2.91 bits per heavy atom. The van der Waals surface area contributed by atoms with Gasteiger partial charge >= 0.3 is 0 Å². The summed E-state index contributed by atoms with van der Waals surface area (Å²) in [5.74, 6) is 0. The number of nitrogens with zero attached hydrogens (tertiary/aromatic N) is 2. The van der Waals surface area contributed by atoms with Crippen molar-refractivity contribution in [2.45, 2.75) is 6.42 Å². The molecule has 0 saturated heterocycles. The minimum atomic E-state index is 0.299. The Bertz CT molecular complexity index is 306. The fraction of sp³-hybridized carbons (Fsp3) is 0.143. The zero-order valence-electron chi connectivity index (χ0n) is 5.51. The molecule has 4 heteroatoms. The Hall–Kier alpha value is -0.590. The second-order valence-electron chi connectivity index (χ2n) is 1.91. The van der Waals surface area contributed by atoms with Gasteiger partial charge < -0.3 is 0 Å². The van der Waals surface area contributed by atoms with E-state index in [4.69, 9.17) is 16.9 Å². The van der Waals surface area contributed by atoms with E-state index in [-0.39, 0.29) is 0 Å². The van der Waals surface area contributed by atoms with Gasteiger partial charge in [-0.1, -0.05) is 11.6 Å². The molecule has 0 aliphatic heterocycles. The second-order valence-corrected chi connectivity index (χ2v) is 3.12. The van der Waals surface area contributed by atoms with Gasteiger partial charge in [-0.15, -0.1) is 0 Å². The normalized spacial score (nSPS) is 9.18. The molecule has 0 aromatic carbocycles. The SMILES string of the molecule is N#CCc1ccc(Br)c(Cl)n1. The molecule has 0 spiro atoms. The van der Waals surface area contributed by atoms with E-state index in [9.17, 15) is 0 Å². The number of halogens is 2. The third kappa shape index (κ3) is 2.18. The predicted octanol–water partition coefficient (Wildman–Crippen LogP) is 2.56. The van der Waals surface area contributed by atoms with E-state index in [0.717, 1.165) is 4.47 Å². The van der Waals surface area contributed by atoms with Crippen LogP contribution in [0.2, 0.25) is 5.15 Å². The van der Waals surface area contributed by atoms with Crippen LogP contribution in [0.5, 0.6) is 0 Å². The summed E-state index contributed by atoms with van der Waals surface area (Å²) < 4.78 is 0.751. The highest BCUT2D eigenvalue weighted by molar-refractivity contribution is 9.10. The molecule has 1 rings (SSSR count). The molecule has 0 bridgehead atoms. The van der Waals surface area contributed by atoms with Gasteiger partial charge in [-0.25, -0.2) is 4.98 Å². The lowest BCUT2D eigenvalue weighted by Crippen LogP contribution is -1.87. The van der Waals surface area contributed by atoms with Crippen molar-refractivity contribution >= 4 is 27.5 Å². The van der Waals surface area contributed by atoms with Crippen LogP contribution in [0.1, 0.15) is 5.69 Å². The van der Waals surface area contributed by atoms with Crippen LogP contribution in [0.4, 0.5) is 0 Å². The first kappa shape index (κ1) is 8.51. The van der Waals surface area contributed by atoms with Gasteiger partial charge in [-0.3, -0.25) is 0 Å². The quantitative estimate of drug-likeness (QED) is 0.697. The van der Waals surface area contributed by atoms with Crippen molar-refractivity contribution in [2.75, 3.05) is 0 Å². The molecular formula is C7H4BrClN2. The number of hydrogen-bond donors (Lipinski definition) is 0. The molecule has 0 atom stereocenters. The molecular weight excluding hydrogens is 227 g/mol. The number of aromatic nitrogens is 1. The topological polar surface area (TPSA) is 36.7 Å². The molecule has 11 heavy (non-hydrogen) atoms. The Morgan fingerprint density at radius 1 is 1.64 bits per heavy atom. The van der Waals surface area contributed by atoms with Crippen LogP contribution in [0.3, 0.4) is 0 Å². The average Bonchev–Trinajstić information content (AvgIpc) is 1.98. The standard InChI is InChI=1S/C7H4BrClN2/c8-6-2-1-5(3-4-10)11-7(6)9/h1-2H,3H2. The maximum Gasteiger partial charge on any atom is 0.143 e. The third-order valence-corrected chi connectivity index (χ3v) is 2.28. The molecule has 1 heterocycles. The van der Waals surface area contributed by atoms with Gasteiger partial charge in [0.1, 0.15) is 5.15 Å². The lowest BCUT2D eigenvalue weighted by molar-refractivity contribution is 1.11. The lowest BCUT2D eigenvalue weighted by Gasteiger charge is -1.96. The highest BCUT2D eigenvalue weighted by Gasteiger charge is 1.99. The van der Waals surface area contributed by atoms with Crippen LogP contribution in [0.15, 0.2) is 16.6 Å². The van der Waals surface area contributed by atoms with Gasteiger partial charge in [0.15, 0.2) is 0 Å². The molecule has 2 nitrogen and oxygen atoms in total. The molecule has 0 aliphatic rings. The monoisotopic (exact) mass is 230 g/mol. The van der Waals surface area contributed by atoms with Crippen LogP contribution < -0.4 is 0 Å². The van der Waals surface area contributed by atoms with E-state index < -0.39 is 0 Å². The number of rotatable bonds is 1. The highest BCUT2D eigenvalue weighted by Crippen LogP contribution is 2.19. The smallest absolute Gasteiger partial charge is 0.143 e. The van der Waals surface area contributed by atoms with Crippen molar-refractivity contribution in [1.29, 1.82) is 5.26 Å². The van der Waals surface area contributed by atoms with Crippen molar-refractivity contribution in [3.63, 3.8) is 0 Å². The molecule has 0 fully saturated rings. The largest absolute Gasteiger partial charge is 0.239 e. The van der Waals surface area contributed by atoms with Crippen molar-refractivity contribution < 1.29 is 0 Å². The van der Waals surface area contributed by atoms with Crippen LogP contribution in [0, 0.1) is 11.3 Å². The third-order valence-electron chi connectivity index (χ3n) is 1.12. The summed E-state index contributed by atoms with van der Waals surface area (Å²) in [4.78, 5) is 3.96. The van der Waals surface area contributed by atoms with Gasteiger partial charge in [-0.2, -0.15) is 5.26 Å². The maximum atomic E-state index is 8.34. The van der Waals surface area contributed by atoms with Crippen molar-refractivity contribution in [3.8, 4) is 6.07 Å². The summed E-state index contributed by atoms with van der Waals surface area (Å²) in [6.07, 6.45) is 0.299. The first-order valence-corrected chi connectivity index (χ1v) is 4.09. The Morgan fingerprint density at radius 2 is 2.36 bits per heavy atom. The van der Waals surface area contributed by atoms with E-state index in [1.807, 2.05) is 6.07 Å². The van der Waals surface area contributed by atoms with Crippen molar-refractivity contribution in [1.82, 2.24) is 4.98 Å². The zero-order valence-corrected chi connectivity index (χ0v) is 7.85.